The van der Waals surface area contributed by atoms with E-state index in [-0.39, 0.29) is 0 Å². The fourth-order valence-electron chi connectivity index (χ4n) is 2.94. The Morgan fingerprint density at radius 3 is 2.43 bits per heavy atom. The third kappa shape index (κ3) is 4.01. The summed E-state index contributed by atoms with van der Waals surface area (Å²) in [4.78, 5) is 23.9. The number of esters is 1. The Hall–Kier alpha value is -2.48. The van der Waals surface area contributed by atoms with Gasteiger partial charge in [-0.05, 0) is 24.3 Å². The number of ether oxygens (including phenoxy) is 4. The van der Waals surface area contributed by atoms with Crippen LogP contribution in [0.1, 0.15) is 24.2 Å². The van der Waals surface area contributed by atoms with E-state index < -0.39 is 24.3 Å². The minimum atomic E-state index is -1.48. The van der Waals surface area contributed by atoms with Crippen molar-refractivity contribution >= 4 is 40.8 Å². The lowest BCUT2D eigenvalue weighted by molar-refractivity contribution is -0.187. The average molecular weight is 426 g/mol. The molecule has 0 radical (unpaired) electrons. The Labute approximate surface area is 171 Å². The first-order valence-electron chi connectivity index (χ1n) is 8.18. The molecule has 28 heavy (non-hydrogen) atoms. The van der Waals surface area contributed by atoms with Gasteiger partial charge in [0.05, 0.1) is 14.2 Å². The second-order valence-corrected chi connectivity index (χ2v) is 6.78. The molecule has 0 aliphatic carbocycles. The van der Waals surface area contributed by atoms with E-state index in [0.29, 0.717) is 38.4 Å². The van der Waals surface area contributed by atoms with Crippen molar-refractivity contribution in [2.24, 2.45) is 0 Å². The topological polar surface area (TPSA) is 83.1 Å². The molecule has 1 heterocycles. The molecule has 0 saturated carbocycles. The summed E-state index contributed by atoms with van der Waals surface area (Å²) < 4.78 is 21.8. The first kappa shape index (κ1) is 20.3. The number of rotatable bonds is 4. The van der Waals surface area contributed by atoms with Crippen LogP contribution in [0.2, 0.25) is 10.0 Å². The fraction of sp³-hybridized carbons (Fsp3) is 0.263. The molecule has 0 fully saturated rings. The maximum absolute atomic E-state index is 12.5. The smallest absolute Gasteiger partial charge is 0.305 e. The van der Waals surface area contributed by atoms with Gasteiger partial charge >= 0.3 is 5.97 Å². The van der Waals surface area contributed by atoms with Crippen molar-refractivity contribution in [3.8, 4) is 11.5 Å². The number of halogens is 2. The van der Waals surface area contributed by atoms with Crippen LogP contribution >= 0.6 is 23.2 Å². The molecule has 148 valence electrons. The fourth-order valence-corrected chi connectivity index (χ4v) is 3.34. The molecule has 2 unspecified atom stereocenters. The first-order valence-corrected chi connectivity index (χ1v) is 8.94. The van der Waals surface area contributed by atoms with Gasteiger partial charge in [0, 0.05) is 39.8 Å². The second kappa shape index (κ2) is 8.26. The Morgan fingerprint density at radius 2 is 1.79 bits per heavy atom. The molecule has 0 bridgehead atoms. The van der Waals surface area contributed by atoms with Crippen molar-refractivity contribution in [2.75, 3.05) is 19.5 Å². The zero-order valence-corrected chi connectivity index (χ0v) is 16.8. The zero-order chi connectivity index (χ0) is 20.4. The van der Waals surface area contributed by atoms with E-state index in [1.54, 1.807) is 30.3 Å². The van der Waals surface area contributed by atoms with Gasteiger partial charge in [-0.1, -0.05) is 23.2 Å². The molecule has 2 aromatic carbocycles. The average Bonchev–Trinajstić information content (AvgIpc) is 2.77. The summed E-state index contributed by atoms with van der Waals surface area (Å²) in [5.41, 5.74) is 1.47. The molecule has 1 aliphatic rings. The maximum atomic E-state index is 12.5. The number of nitrogens with one attached hydrogen (secondary N) is 1. The highest BCUT2D eigenvalue weighted by molar-refractivity contribution is 6.31. The lowest BCUT2D eigenvalue weighted by atomic mass is 9.98. The SMILES string of the molecule is COc1cc(Cl)cc(C2OC(OC(C)=O)C(=O)Nc3ccc(Cl)cc32)c1OC. The molecular formula is C19H17Cl2NO6. The van der Waals surface area contributed by atoms with Crippen LogP contribution in [-0.4, -0.2) is 32.4 Å². The standard InChI is InChI=1S/C19H17Cl2NO6/c1-9(23)27-19-18(24)22-14-5-4-10(20)6-12(14)16(28-19)13-7-11(21)8-15(25-2)17(13)26-3/h4-8,16,19H,1-3H3,(H,22,24). The minimum Gasteiger partial charge on any atom is -0.493 e. The molecule has 2 aromatic rings. The predicted octanol–water partition coefficient (Wildman–Crippen LogP) is 3.96. The summed E-state index contributed by atoms with van der Waals surface area (Å²) in [6.07, 6.45) is -2.37. The highest BCUT2D eigenvalue weighted by Gasteiger charge is 2.36. The number of carbonyl (C=O) groups excluding carboxylic acids is 2. The molecule has 7 nitrogen and oxygen atoms in total. The van der Waals surface area contributed by atoms with Gasteiger partial charge < -0.3 is 24.3 Å². The van der Waals surface area contributed by atoms with E-state index >= 15 is 0 Å². The molecule has 0 aromatic heterocycles. The number of hydrogen-bond donors (Lipinski definition) is 1. The Kier molecular flexibility index (Phi) is 5.98. The van der Waals surface area contributed by atoms with E-state index in [2.05, 4.69) is 5.32 Å². The van der Waals surface area contributed by atoms with Crippen LogP contribution in [0, 0.1) is 0 Å². The monoisotopic (exact) mass is 425 g/mol. The number of anilines is 1. The van der Waals surface area contributed by atoms with Gasteiger partial charge in [0.25, 0.3) is 12.2 Å². The highest BCUT2D eigenvalue weighted by atomic mass is 35.5. The Balaban J connectivity index is 2.22. The van der Waals surface area contributed by atoms with Crippen LogP contribution in [0.15, 0.2) is 30.3 Å². The third-order valence-corrected chi connectivity index (χ3v) is 4.51. The number of methoxy groups -OCH3 is 2. The van der Waals surface area contributed by atoms with Crippen LogP contribution in [-0.2, 0) is 19.1 Å². The van der Waals surface area contributed by atoms with E-state index in [1.165, 1.54) is 21.1 Å². The predicted molar refractivity (Wildman–Crippen MR) is 103 cm³/mol. The van der Waals surface area contributed by atoms with Crippen molar-refractivity contribution in [1.29, 1.82) is 0 Å². The number of carbonyl (C=O) groups is 2. The minimum absolute atomic E-state index is 0.360. The lowest BCUT2D eigenvalue weighted by Gasteiger charge is -2.24. The maximum Gasteiger partial charge on any atom is 0.305 e. The van der Waals surface area contributed by atoms with Crippen LogP contribution in [0.4, 0.5) is 5.69 Å². The summed E-state index contributed by atoms with van der Waals surface area (Å²) in [5, 5.41) is 3.48. The van der Waals surface area contributed by atoms with Gasteiger partial charge in [-0.15, -0.1) is 0 Å². The molecule has 1 aliphatic heterocycles. The van der Waals surface area contributed by atoms with Crippen molar-refractivity contribution in [3.05, 3.63) is 51.5 Å². The molecule has 1 N–H and O–H groups in total. The van der Waals surface area contributed by atoms with Crippen molar-refractivity contribution in [1.82, 2.24) is 0 Å². The Morgan fingerprint density at radius 1 is 1.07 bits per heavy atom. The van der Waals surface area contributed by atoms with Crippen LogP contribution in [0.25, 0.3) is 0 Å². The van der Waals surface area contributed by atoms with Crippen molar-refractivity contribution in [2.45, 2.75) is 19.3 Å². The van der Waals surface area contributed by atoms with E-state index in [9.17, 15) is 9.59 Å². The summed E-state index contributed by atoms with van der Waals surface area (Å²) in [5.74, 6) is -0.559. The summed E-state index contributed by atoms with van der Waals surface area (Å²) in [6.45, 7) is 1.18. The van der Waals surface area contributed by atoms with Gasteiger partial charge in [-0.25, -0.2) is 0 Å². The first-order chi connectivity index (χ1) is 13.3. The van der Waals surface area contributed by atoms with Gasteiger partial charge in [-0.3, -0.25) is 9.59 Å². The summed E-state index contributed by atoms with van der Waals surface area (Å²) in [7, 11) is 2.95. The molecule has 0 spiro atoms. The highest BCUT2D eigenvalue weighted by Crippen LogP contribution is 2.45. The van der Waals surface area contributed by atoms with E-state index in [1.807, 2.05) is 0 Å². The summed E-state index contributed by atoms with van der Waals surface area (Å²) >= 11 is 12.4. The molecule has 1 amide bonds. The van der Waals surface area contributed by atoms with Crippen LogP contribution < -0.4 is 14.8 Å². The van der Waals surface area contributed by atoms with Gasteiger partial charge in [0.2, 0.25) is 0 Å². The molecule has 0 saturated heterocycles. The second-order valence-electron chi connectivity index (χ2n) is 5.91. The number of fused-ring (bicyclic) bond motifs is 1. The summed E-state index contributed by atoms with van der Waals surface area (Å²) in [6, 6.07) is 8.12. The lowest BCUT2D eigenvalue weighted by Crippen LogP contribution is -2.33. The number of hydrogen-bond acceptors (Lipinski definition) is 6. The number of benzene rings is 2. The zero-order valence-electron chi connectivity index (χ0n) is 15.2. The molecule has 9 heteroatoms. The van der Waals surface area contributed by atoms with Gasteiger partial charge in [-0.2, -0.15) is 0 Å². The molecule has 3 rings (SSSR count). The quantitative estimate of drug-likeness (QED) is 0.746. The van der Waals surface area contributed by atoms with Gasteiger partial charge in [0.1, 0.15) is 6.10 Å². The van der Waals surface area contributed by atoms with Crippen LogP contribution in [0.5, 0.6) is 11.5 Å². The molecule has 2 atom stereocenters. The van der Waals surface area contributed by atoms with Crippen molar-refractivity contribution < 1.29 is 28.5 Å². The number of amides is 1. The van der Waals surface area contributed by atoms with Crippen LogP contribution in [0.3, 0.4) is 0 Å². The van der Waals surface area contributed by atoms with Gasteiger partial charge in [0.15, 0.2) is 11.5 Å². The van der Waals surface area contributed by atoms with E-state index in [0.717, 1.165) is 0 Å². The third-order valence-electron chi connectivity index (χ3n) is 4.06. The Bertz CT molecular complexity index is 933. The van der Waals surface area contributed by atoms with E-state index in [4.69, 9.17) is 42.1 Å². The normalized spacial score (nSPS) is 18.5. The van der Waals surface area contributed by atoms with Crippen molar-refractivity contribution in [3.63, 3.8) is 0 Å². The largest absolute Gasteiger partial charge is 0.493 e. The molecular weight excluding hydrogens is 409 g/mol.